The molecule has 1 fully saturated rings. The molecule has 0 bridgehead atoms. The van der Waals surface area contributed by atoms with Crippen molar-refractivity contribution in [1.29, 1.82) is 0 Å². The first-order valence-corrected chi connectivity index (χ1v) is 6.86. The SMILES string of the molecule is CC(=O)OC1CS[C@@H](COC(=O)c2ccccc2)O1. The first kappa shape index (κ1) is 13.9. The molecule has 0 aliphatic carbocycles. The van der Waals surface area contributed by atoms with E-state index in [1.165, 1.54) is 18.7 Å². The summed E-state index contributed by atoms with van der Waals surface area (Å²) >= 11 is 1.45. The topological polar surface area (TPSA) is 61.8 Å². The van der Waals surface area contributed by atoms with Gasteiger partial charge in [-0.2, -0.15) is 0 Å². The minimum atomic E-state index is -0.553. The van der Waals surface area contributed by atoms with Crippen LogP contribution in [0.3, 0.4) is 0 Å². The molecule has 0 N–H and O–H groups in total. The quantitative estimate of drug-likeness (QED) is 0.785. The average Bonchev–Trinajstić information content (AvgIpc) is 2.84. The first-order valence-electron chi connectivity index (χ1n) is 5.81. The van der Waals surface area contributed by atoms with Gasteiger partial charge in [0.05, 0.1) is 11.3 Å². The average molecular weight is 282 g/mol. The van der Waals surface area contributed by atoms with Crippen molar-refractivity contribution in [3.05, 3.63) is 35.9 Å². The van der Waals surface area contributed by atoms with Crippen LogP contribution in [-0.4, -0.2) is 36.0 Å². The molecular weight excluding hydrogens is 268 g/mol. The van der Waals surface area contributed by atoms with Crippen LogP contribution in [0.15, 0.2) is 30.3 Å². The summed E-state index contributed by atoms with van der Waals surface area (Å²) in [5.74, 6) is -0.221. The van der Waals surface area contributed by atoms with Crippen LogP contribution in [0.1, 0.15) is 17.3 Å². The zero-order valence-corrected chi connectivity index (χ0v) is 11.2. The predicted octanol–water partition coefficient (Wildman–Crippen LogP) is 1.82. The molecule has 19 heavy (non-hydrogen) atoms. The van der Waals surface area contributed by atoms with Gasteiger partial charge in [-0.3, -0.25) is 4.79 Å². The van der Waals surface area contributed by atoms with Crippen molar-refractivity contribution < 1.29 is 23.8 Å². The fraction of sp³-hybridized carbons (Fsp3) is 0.385. The minimum Gasteiger partial charge on any atom is -0.458 e. The van der Waals surface area contributed by atoms with Gasteiger partial charge in [0, 0.05) is 6.92 Å². The van der Waals surface area contributed by atoms with E-state index in [-0.39, 0.29) is 24.0 Å². The van der Waals surface area contributed by atoms with Gasteiger partial charge < -0.3 is 14.2 Å². The maximum absolute atomic E-state index is 11.7. The number of esters is 2. The van der Waals surface area contributed by atoms with Crippen LogP contribution in [-0.2, 0) is 19.0 Å². The van der Waals surface area contributed by atoms with Crippen molar-refractivity contribution in [3.8, 4) is 0 Å². The number of benzene rings is 1. The molecule has 6 heteroatoms. The minimum absolute atomic E-state index is 0.135. The highest BCUT2D eigenvalue weighted by Crippen LogP contribution is 2.26. The van der Waals surface area contributed by atoms with Crippen molar-refractivity contribution >= 4 is 23.7 Å². The second-order valence-electron chi connectivity index (χ2n) is 3.90. The van der Waals surface area contributed by atoms with E-state index in [1.54, 1.807) is 24.3 Å². The lowest BCUT2D eigenvalue weighted by Gasteiger charge is -2.12. The summed E-state index contributed by atoms with van der Waals surface area (Å²) in [6, 6.07) is 8.75. The Hall–Kier alpha value is -1.53. The molecule has 1 saturated heterocycles. The van der Waals surface area contributed by atoms with Gasteiger partial charge in [0.1, 0.15) is 12.0 Å². The van der Waals surface area contributed by atoms with E-state index in [4.69, 9.17) is 14.2 Å². The van der Waals surface area contributed by atoms with Crippen LogP contribution in [0.2, 0.25) is 0 Å². The number of hydrogen-bond acceptors (Lipinski definition) is 6. The van der Waals surface area contributed by atoms with Crippen LogP contribution in [0.5, 0.6) is 0 Å². The molecule has 0 saturated carbocycles. The molecule has 1 heterocycles. The summed E-state index contributed by atoms with van der Waals surface area (Å²) in [6.45, 7) is 1.47. The van der Waals surface area contributed by atoms with Gasteiger partial charge in [-0.15, -0.1) is 11.8 Å². The van der Waals surface area contributed by atoms with Crippen LogP contribution < -0.4 is 0 Å². The van der Waals surface area contributed by atoms with Gasteiger partial charge in [0.2, 0.25) is 6.29 Å². The van der Waals surface area contributed by atoms with Gasteiger partial charge in [0.25, 0.3) is 0 Å². The summed E-state index contributed by atoms with van der Waals surface area (Å²) in [4.78, 5) is 22.4. The second-order valence-corrected chi connectivity index (χ2v) is 5.09. The van der Waals surface area contributed by atoms with E-state index < -0.39 is 6.29 Å². The van der Waals surface area contributed by atoms with E-state index in [2.05, 4.69) is 0 Å². The fourth-order valence-corrected chi connectivity index (χ4v) is 2.45. The third-order valence-electron chi connectivity index (χ3n) is 2.38. The van der Waals surface area contributed by atoms with Crippen LogP contribution in [0.25, 0.3) is 0 Å². The highest BCUT2D eigenvalue weighted by molar-refractivity contribution is 8.00. The molecule has 1 unspecified atom stereocenters. The summed E-state index contributed by atoms with van der Waals surface area (Å²) in [5, 5.41) is 0. The molecule has 5 nitrogen and oxygen atoms in total. The highest BCUT2D eigenvalue weighted by atomic mass is 32.2. The smallest absolute Gasteiger partial charge is 0.338 e. The van der Waals surface area contributed by atoms with Gasteiger partial charge in [0.15, 0.2) is 0 Å². The van der Waals surface area contributed by atoms with Crippen molar-refractivity contribution in [1.82, 2.24) is 0 Å². The van der Waals surface area contributed by atoms with Gasteiger partial charge in [-0.25, -0.2) is 4.79 Å². The van der Waals surface area contributed by atoms with Crippen molar-refractivity contribution in [2.24, 2.45) is 0 Å². The Bertz CT molecular complexity index is 448. The summed E-state index contributed by atoms with van der Waals surface area (Å²) in [5.41, 5.74) is 0.207. The molecule has 1 aromatic rings. The predicted molar refractivity (Wildman–Crippen MR) is 69.6 cm³/mol. The molecule has 0 amide bonds. The summed E-state index contributed by atoms with van der Waals surface area (Å²) in [6.07, 6.45) is -0.553. The molecule has 0 radical (unpaired) electrons. The Labute approximate surface area is 115 Å². The van der Waals surface area contributed by atoms with E-state index in [0.29, 0.717) is 11.3 Å². The van der Waals surface area contributed by atoms with Crippen molar-refractivity contribution in [2.75, 3.05) is 12.4 Å². The largest absolute Gasteiger partial charge is 0.458 e. The Balaban J connectivity index is 1.75. The van der Waals surface area contributed by atoms with Gasteiger partial charge >= 0.3 is 11.9 Å². The lowest BCUT2D eigenvalue weighted by molar-refractivity contribution is -0.172. The monoisotopic (exact) mass is 282 g/mol. The number of carbonyl (C=O) groups excluding carboxylic acids is 2. The number of ether oxygens (including phenoxy) is 3. The Kier molecular flexibility index (Phi) is 4.81. The number of rotatable bonds is 4. The zero-order chi connectivity index (χ0) is 13.7. The Morgan fingerprint density at radius 1 is 1.37 bits per heavy atom. The third-order valence-corrected chi connectivity index (χ3v) is 3.46. The Morgan fingerprint density at radius 3 is 2.79 bits per heavy atom. The molecule has 0 spiro atoms. The lowest BCUT2D eigenvalue weighted by Crippen LogP contribution is -2.22. The van der Waals surface area contributed by atoms with Crippen molar-refractivity contribution in [2.45, 2.75) is 18.6 Å². The second kappa shape index (κ2) is 6.58. The van der Waals surface area contributed by atoms with Crippen molar-refractivity contribution in [3.63, 3.8) is 0 Å². The molecule has 1 aliphatic rings. The molecule has 102 valence electrons. The van der Waals surface area contributed by atoms with Crippen LogP contribution in [0.4, 0.5) is 0 Å². The third kappa shape index (κ3) is 4.25. The summed E-state index contributed by atoms with van der Waals surface area (Å²) < 4.78 is 15.5. The van der Waals surface area contributed by atoms with Gasteiger partial charge in [-0.1, -0.05) is 18.2 Å². The number of hydrogen-bond donors (Lipinski definition) is 0. The number of thioether (sulfide) groups is 1. The van der Waals surface area contributed by atoms with E-state index in [0.717, 1.165) is 0 Å². The molecule has 1 aromatic carbocycles. The molecule has 0 aromatic heterocycles. The lowest BCUT2D eigenvalue weighted by atomic mass is 10.2. The first-order chi connectivity index (χ1) is 9.15. The summed E-state index contributed by atoms with van der Waals surface area (Å²) in [7, 11) is 0. The molecule has 2 rings (SSSR count). The highest BCUT2D eigenvalue weighted by Gasteiger charge is 2.29. The van der Waals surface area contributed by atoms with Crippen LogP contribution >= 0.6 is 11.8 Å². The molecular formula is C13H14O5S. The standard InChI is InChI=1S/C13H14O5S/c1-9(14)17-11-8-19-12(18-11)7-16-13(15)10-5-3-2-4-6-10/h2-6,11-12H,7-8H2,1H3/t11?,12-/m0/s1. The zero-order valence-electron chi connectivity index (χ0n) is 10.4. The fourth-order valence-electron chi connectivity index (χ4n) is 1.57. The van der Waals surface area contributed by atoms with E-state index in [1.807, 2.05) is 6.07 Å². The molecule has 1 aliphatic heterocycles. The Morgan fingerprint density at radius 2 is 2.11 bits per heavy atom. The number of carbonyl (C=O) groups is 2. The normalized spacial score (nSPS) is 21.9. The maximum Gasteiger partial charge on any atom is 0.338 e. The van der Waals surface area contributed by atoms with E-state index >= 15 is 0 Å². The maximum atomic E-state index is 11.7. The van der Waals surface area contributed by atoms with E-state index in [9.17, 15) is 9.59 Å². The van der Waals surface area contributed by atoms with Crippen LogP contribution in [0, 0.1) is 0 Å². The van der Waals surface area contributed by atoms with Gasteiger partial charge in [-0.05, 0) is 12.1 Å². The molecule has 2 atom stereocenters.